The van der Waals surface area contributed by atoms with E-state index in [0.29, 0.717) is 24.2 Å². The van der Waals surface area contributed by atoms with Gasteiger partial charge in [0.05, 0.1) is 13.5 Å². The van der Waals surface area contributed by atoms with Crippen molar-refractivity contribution in [1.82, 2.24) is 5.32 Å². The molecule has 3 atom stereocenters. The van der Waals surface area contributed by atoms with E-state index in [1.807, 2.05) is 0 Å². The molecule has 3 nitrogen and oxygen atoms in total. The number of hydrogen-bond acceptors (Lipinski definition) is 3. The Morgan fingerprint density at radius 3 is 2.63 bits per heavy atom. The lowest BCUT2D eigenvalue weighted by atomic mass is 9.63. The first kappa shape index (κ1) is 16.5. The highest BCUT2D eigenvalue weighted by molar-refractivity contribution is 5.70. The number of esters is 1. The van der Waals surface area contributed by atoms with Crippen LogP contribution in [-0.4, -0.2) is 25.2 Å². The number of rotatable bonds is 6. The molecule has 1 N–H and O–H groups in total. The van der Waals surface area contributed by atoms with Gasteiger partial charge in [-0.05, 0) is 43.6 Å². The summed E-state index contributed by atoms with van der Waals surface area (Å²) in [5.74, 6) is 1.77. The van der Waals surface area contributed by atoms with Gasteiger partial charge in [0.25, 0.3) is 0 Å². The zero-order valence-corrected chi connectivity index (χ0v) is 13.3. The zero-order valence-electron chi connectivity index (χ0n) is 13.3. The van der Waals surface area contributed by atoms with E-state index in [4.69, 9.17) is 4.74 Å². The van der Waals surface area contributed by atoms with Crippen LogP contribution in [0.15, 0.2) is 0 Å². The Kier molecular flexibility index (Phi) is 6.31. The van der Waals surface area contributed by atoms with Gasteiger partial charge in [0, 0.05) is 5.54 Å². The van der Waals surface area contributed by atoms with Crippen molar-refractivity contribution in [1.29, 1.82) is 0 Å². The Morgan fingerprint density at radius 1 is 1.42 bits per heavy atom. The average molecular weight is 269 g/mol. The summed E-state index contributed by atoms with van der Waals surface area (Å²) in [5.41, 5.74) is -0.0606. The minimum Gasteiger partial charge on any atom is -0.469 e. The highest BCUT2D eigenvalue weighted by Crippen LogP contribution is 2.43. The van der Waals surface area contributed by atoms with E-state index < -0.39 is 0 Å². The molecular weight excluding hydrogens is 238 g/mol. The first-order chi connectivity index (χ1) is 8.95. The summed E-state index contributed by atoms with van der Waals surface area (Å²) in [7, 11) is 1.49. The number of methoxy groups -OCH3 is 1. The van der Waals surface area contributed by atoms with Crippen molar-refractivity contribution in [3.8, 4) is 0 Å². The van der Waals surface area contributed by atoms with E-state index in [-0.39, 0.29) is 11.5 Å². The van der Waals surface area contributed by atoms with Crippen LogP contribution in [0.2, 0.25) is 0 Å². The molecule has 0 radical (unpaired) electrons. The van der Waals surface area contributed by atoms with Crippen LogP contribution < -0.4 is 5.32 Å². The molecule has 3 heteroatoms. The van der Waals surface area contributed by atoms with Gasteiger partial charge in [-0.15, -0.1) is 0 Å². The highest BCUT2D eigenvalue weighted by Gasteiger charge is 2.45. The Balaban J connectivity index is 2.95. The fraction of sp³-hybridized carbons (Fsp3) is 0.938. The Morgan fingerprint density at radius 2 is 2.11 bits per heavy atom. The van der Waals surface area contributed by atoms with Gasteiger partial charge in [-0.25, -0.2) is 0 Å². The number of ether oxygens (including phenoxy) is 1. The molecule has 0 saturated heterocycles. The third-order valence-electron chi connectivity index (χ3n) is 4.61. The van der Waals surface area contributed by atoms with Crippen molar-refractivity contribution in [2.24, 2.45) is 17.8 Å². The summed E-state index contributed by atoms with van der Waals surface area (Å²) in [6, 6.07) is 0. The lowest BCUT2D eigenvalue weighted by Gasteiger charge is -2.48. The maximum atomic E-state index is 11.9. The first-order valence-corrected chi connectivity index (χ1v) is 7.77. The van der Waals surface area contributed by atoms with E-state index in [2.05, 4.69) is 33.0 Å². The molecule has 0 aliphatic heterocycles. The molecule has 1 aliphatic rings. The van der Waals surface area contributed by atoms with Crippen LogP contribution in [0.5, 0.6) is 0 Å². The van der Waals surface area contributed by atoms with Gasteiger partial charge in [-0.3, -0.25) is 4.79 Å². The zero-order chi connectivity index (χ0) is 14.5. The molecule has 19 heavy (non-hydrogen) atoms. The molecule has 0 heterocycles. The molecule has 0 amide bonds. The van der Waals surface area contributed by atoms with Gasteiger partial charge in [0.1, 0.15) is 0 Å². The number of carbonyl (C=O) groups is 1. The largest absolute Gasteiger partial charge is 0.469 e. The minimum absolute atomic E-state index is 0.0606. The van der Waals surface area contributed by atoms with Gasteiger partial charge in [-0.1, -0.05) is 34.1 Å². The molecule has 0 aromatic heterocycles. The van der Waals surface area contributed by atoms with Crippen molar-refractivity contribution in [3.05, 3.63) is 0 Å². The lowest BCUT2D eigenvalue weighted by Crippen LogP contribution is -2.57. The topological polar surface area (TPSA) is 38.3 Å². The maximum absolute atomic E-state index is 11.9. The lowest BCUT2D eigenvalue weighted by molar-refractivity contribution is -0.144. The fourth-order valence-electron chi connectivity index (χ4n) is 3.76. The first-order valence-electron chi connectivity index (χ1n) is 7.77. The quantitative estimate of drug-likeness (QED) is 0.751. The van der Waals surface area contributed by atoms with Crippen LogP contribution in [0.4, 0.5) is 0 Å². The average Bonchev–Trinajstić information content (AvgIpc) is 2.35. The highest BCUT2D eigenvalue weighted by atomic mass is 16.5. The van der Waals surface area contributed by atoms with Crippen molar-refractivity contribution in [3.63, 3.8) is 0 Å². The molecule has 1 rings (SSSR count). The standard InChI is InChI=1S/C16H31NO2/c1-6-9-17-16(11-15(18)19-5)10-13(4)7-8-14(16)12(2)3/h12-14,17H,6-11H2,1-5H3. The van der Waals surface area contributed by atoms with Crippen LogP contribution >= 0.6 is 0 Å². The molecule has 1 saturated carbocycles. The van der Waals surface area contributed by atoms with Gasteiger partial charge in [0.15, 0.2) is 0 Å². The second-order valence-corrected chi connectivity index (χ2v) is 6.57. The van der Waals surface area contributed by atoms with E-state index >= 15 is 0 Å². The van der Waals surface area contributed by atoms with Crippen LogP contribution in [0.25, 0.3) is 0 Å². The van der Waals surface area contributed by atoms with E-state index in [0.717, 1.165) is 19.4 Å². The predicted octanol–water partition coefficient (Wildman–Crippen LogP) is 3.38. The summed E-state index contributed by atoms with van der Waals surface area (Å²) in [6.07, 6.45) is 5.19. The van der Waals surface area contributed by atoms with Gasteiger partial charge in [-0.2, -0.15) is 0 Å². The van der Waals surface area contributed by atoms with Crippen LogP contribution in [0, 0.1) is 17.8 Å². The normalized spacial score (nSPS) is 31.5. The molecule has 1 aliphatic carbocycles. The molecule has 3 unspecified atom stereocenters. The third kappa shape index (κ3) is 4.20. The monoisotopic (exact) mass is 269 g/mol. The van der Waals surface area contributed by atoms with Crippen LogP contribution in [0.1, 0.15) is 59.8 Å². The molecule has 0 bridgehead atoms. The molecular formula is C16H31NO2. The summed E-state index contributed by atoms with van der Waals surface area (Å²) in [4.78, 5) is 11.9. The van der Waals surface area contributed by atoms with Crippen molar-refractivity contribution < 1.29 is 9.53 Å². The van der Waals surface area contributed by atoms with Crippen molar-refractivity contribution in [2.45, 2.75) is 65.3 Å². The molecule has 0 aromatic carbocycles. The number of carbonyl (C=O) groups excluding carboxylic acids is 1. The summed E-state index contributed by atoms with van der Waals surface area (Å²) in [5, 5.41) is 3.71. The fourth-order valence-corrected chi connectivity index (χ4v) is 3.76. The van der Waals surface area contributed by atoms with Crippen LogP contribution in [0.3, 0.4) is 0 Å². The summed E-state index contributed by atoms with van der Waals surface area (Å²) < 4.78 is 4.94. The van der Waals surface area contributed by atoms with Gasteiger partial charge >= 0.3 is 5.97 Å². The predicted molar refractivity (Wildman–Crippen MR) is 79.0 cm³/mol. The van der Waals surface area contributed by atoms with E-state index in [1.54, 1.807) is 0 Å². The Hall–Kier alpha value is -0.570. The molecule has 0 spiro atoms. The smallest absolute Gasteiger partial charge is 0.307 e. The second kappa shape index (κ2) is 7.28. The van der Waals surface area contributed by atoms with Crippen molar-refractivity contribution in [2.75, 3.05) is 13.7 Å². The Bertz CT molecular complexity index is 290. The summed E-state index contributed by atoms with van der Waals surface area (Å²) in [6.45, 7) is 10.0. The SMILES string of the molecule is CCCNC1(CC(=O)OC)CC(C)CCC1C(C)C. The Labute approximate surface area is 118 Å². The second-order valence-electron chi connectivity index (χ2n) is 6.57. The van der Waals surface area contributed by atoms with Gasteiger partial charge < -0.3 is 10.1 Å². The van der Waals surface area contributed by atoms with E-state index in [1.165, 1.54) is 20.0 Å². The van der Waals surface area contributed by atoms with Gasteiger partial charge in [0.2, 0.25) is 0 Å². The minimum atomic E-state index is -0.0802. The third-order valence-corrected chi connectivity index (χ3v) is 4.61. The van der Waals surface area contributed by atoms with Crippen molar-refractivity contribution >= 4 is 5.97 Å². The number of nitrogens with one attached hydrogen (secondary N) is 1. The molecule has 0 aromatic rings. The summed E-state index contributed by atoms with van der Waals surface area (Å²) >= 11 is 0. The molecule has 112 valence electrons. The van der Waals surface area contributed by atoms with E-state index in [9.17, 15) is 4.79 Å². The maximum Gasteiger partial charge on any atom is 0.307 e. The number of hydrogen-bond donors (Lipinski definition) is 1. The van der Waals surface area contributed by atoms with Crippen LogP contribution in [-0.2, 0) is 9.53 Å². The molecule has 1 fully saturated rings.